The van der Waals surface area contributed by atoms with Crippen LogP contribution in [0, 0.1) is 0 Å². The Labute approximate surface area is 357 Å². The van der Waals surface area contributed by atoms with Crippen LogP contribution in [0.2, 0.25) is 0 Å². The third-order valence-corrected chi connectivity index (χ3v) is 13.6. The first-order chi connectivity index (χ1) is 30.8. The van der Waals surface area contributed by atoms with Gasteiger partial charge < -0.3 is 9.13 Å². The van der Waals surface area contributed by atoms with Crippen LogP contribution in [-0.2, 0) is 0 Å². The van der Waals surface area contributed by atoms with E-state index in [1.807, 2.05) is 0 Å². The number of aromatic nitrogens is 2. The fraction of sp³-hybridized carbons (Fsp3) is 0. The maximum Gasteiger partial charge on any atom is 0.0619 e. The lowest BCUT2D eigenvalue weighted by atomic mass is 9.93. The zero-order chi connectivity index (χ0) is 40.5. The first-order valence-electron chi connectivity index (χ1n) is 21.5. The van der Waals surface area contributed by atoms with Crippen molar-refractivity contribution in [1.82, 2.24) is 9.13 Å². The second-order valence-corrected chi connectivity index (χ2v) is 16.8. The van der Waals surface area contributed by atoms with Gasteiger partial charge in [0.1, 0.15) is 0 Å². The van der Waals surface area contributed by atoms with E-state index in [4.69, 9.17) is 0 Å². The highest BCUT2D eigenvalue weighted by molar-refractivity contribution is 6.20. The number of hydrogen-bond acceptors (Lipinski definition) is 0. The van der Waals surface area contributed by atoms with E-state index in [1.54, 1.807) is 0 Å². The van der Waals surface area contributed by atoms with Gasteiger partial charge in [-0.15, -0.1) is 0 Å². The summed E-state index contributed by atoms with van der Waals surface area (Å²) in [6, 6.07) is 81.0. The molecule has 0 aliphatic heterocycles. The molecule has 0 amide bonds. The Morgan fingerprint density at radius 2 is 0.887 bits per heavy atom. The highest BCUT2D eigenvalue weighted by Gasteiger charge is 2.23. The molecule has 0 atom stereocenters. The van der Waals surface area contributed by atoms with Gasteiger partial charge in [-0.25, -0.2) is 0 Å². The topological polar surface area (TPSA) is 9.86 Å². The lowest BCUT2D eigenvalue weighted by Crippen LogP contribution is -1.96. The molecule has 1 aliphatic carbocycles. The maximum atomic E-state index is 2.47. The van der Waals surface area contributed by atoms with Crippen molar-refractivity contribution in [3.63, 3.8) is 0 Å². The van der Waals surface area contributed by atoms with Gasteiger partial charge in [-0.2, -0.15) is 0 Å². The average Bonchev–Trinajstić information content (AvgIpc) is 3.97. The lowest BCUT2D eigenvalue weighted by molar-refractivity contribution is 1.19. The SMILES string of the molecule is c1ccc(-n2c3cc(-c4ccc5c(c4)c4ccccc4n5-c4ccc(-c5ccc6c(c5)-c5cccc7cccc-6c57)c5ccccc45)ccc3c3ccc4ccccc4c32)cc1. The number of para-hydroxylation sites is 2. The van der Waals surface area contributed by atoms with Crippen molar-refractivity contribution < 1.29 is 0 Å². The van der Waals surface area contributed by atoms with Gasteiger partial charge in [0.15, 0.2) is 0 Å². The van der Waals surface area contributed by atoms with Gasteiger partial charge in [-0.3, -0.25) is 0 Å². The maximum absolute atomic E-state index is 2.47. The minimum Gasteiger partial charge on any atom is -0.309 e. The lowest BCUT2D eigenvalue weighted by Gasteiger charge is -2.16. The Morgan fingerprint density at radius 1 is 0.258 bits per heavy atom. The Morgan fingerprint density at radius 3 is 1.76 bits per heavy atom. The molecule has 0 N–H and O–H groups in total. The molecule has 14 rings (SSSR count). The minimum atomic E-state index is 1.16. The normalized spacial score (nSPS) is 12.2. The van der Waals surface area contributed by atoms with E-state index < -0.39 is 0 Å². The largest absolute Gasteiger partial charge is 0.309 e. The second kappa shape index (κ2) is 12.7. The first kappa shape index (κ1) is 33.6. The van der Waals surface area contributed by atoms with Crippen LogP contribution in [0.25, 0.3) is 132 Å². The summed E-state index contributed by atoms with van der Waals surface area (Å²) in [6.07, 6.45) is 0. The van der Waals surface area contributed by atoms with Crippen LogP contribution >= 0.6 is 0 Å². The Bertz CT molecular complexity index is 4030. The summed E-state index contributed by atoms with van der Waals surface area (Å²) in [5.74, 6) is 0. The first-order valence-corrected chi connectivity index (χ1v) is 21.5. The molecule has 0 spiro atoms. The zero-order valence-corrected chi connectivity index (χ0v) is 33.7. The van der Waals surface area contributed by atoms with Crippen LogP contribution in [-0.4, -0.2) is 9.13 Å². The van der Waals surface area contributed by atoms with Gasteiger partial charge in [0, 0.05) is 38.0 Å². The Kier molecular flexibility index (Phi) is 6.86. The minimum absolute atomic E-state index is 1.16. The van der Waals surface area contributed by atoms with Crippen molar-refractivity contribution in [2.24, 2.45) is 0 Å². The smallest absolute Gasteiger partial charge is 0.0619 e. The van der Waals surface area contributed by atoms with Gasteiger partial charge in [0.05, 0.1) is 27.8 Å². The summed E-state index contributed by atoms with van der Waals surface area (Å²) in [5, 5.41) is 12.7. The van der Waals surface area contributed by atoms with Crippen molar-refractivity contribution in [2.45, 2.75) is 0 Å². The average molecular weight is 785 g/mol. The number of rotatable bonds is 4. The molecule has 0 radical (unpaired) electrons. The molecule has 0 fully saturated rings. The molecule has 62 heavy (non-hydrogen) atoms. The molecule has 2 aromatic heterocycles. The van der Waals surface area contributed by atoms with Crippen LogP contribution in [0.1, 0.15) is 0 Å². The van der Waals surface area contributed by atoms with Crippen LogP contribution in [0.3, 0.4) is 0 Å². The third-order valence-electron chi connectivity index (χ3n) is 13.6. The molecule has 13 aromatic rings. The predicted octanol–water partition coefficient (Wildman–Crippen LogP) is 16.3. The van der Waals surface area contributed by atoms with Crippen molar-refractivity contribution >= 4 is 75.9 Å². The van der Waals surface area contributed by atoms with Gasteiger partial charge in [0.25, 0.3) is 0 Å². The monoisotopic (exact) mass is 784 g/mol. The highest BCUT2D eigenvalue weighted by atomic mass is 15.0. The number of benzene rings is 11. The van der Waals surface area contributed by atoms with E-state index in [0.29, 0.717) is 0 Å². The molecule has 1 aliphatic rings. The van der Waals surface area contributed by atoms with E-state index in [2.05, 4.69) is 228 Å². The molecule has 2 heterocycles. The predicted molar refractivity (Wildman–Crippen MR) is 263 cm³/mol. The third kappa shape index (κ3) is 4.64. The van der Waals surface area contributed by atoms with E-state index >= 15 is 0 Å². The van der Waals surface area contributed by atoms with Crippen molar-refractivity contribution in [3.8, 4) is 55.9 Å². The summed E-state index contributed by atoms with van der Waals surface area (Å²) >= 11 is 0. The molecular formula is C60H36N2. The second-order valence-electron chi connectivity index (χ2n) is 16.8. The Hall–Kier alpha value is -8.20. The summed E-state index contributed by atoms with van der Waals surface area (Å²) in [7, 11) is 0. The van der Waals surface area contributed by atoms with Gasteiger partial charge in [0.2, 0.25) is 0 Å². The van der Waals surface area contributed by atoms with Gasteiger partial charge >= 0.3 is 0 Å². The zero-order valence-electron chi connectivity index (χ0n) is 33.7. The summed E-state index contributed by atoms with van der Waals surface area (Å²) < 4.78 is 4.93. The molecule has 0 saturated carbocycles. The quantitative estimate of drug-likeness (QED) is 0.168. The van der Waals surface area contributed by atoms with E-state index in [1.165, 1.54) is 126 Å². The molecular weight excluding hydrogens is 749 g/mol. The summed E-state index contributed by atoms with van der Waals surface area (Å²) in [6.45, 7) is 0. The number of hydrogen-bond donors (Lipinski definition) is 0. The molecule has 0 saturated heterocycles. The van der Waals surface area contributed by atoms with Gasteiger partial charge in [-0.1, -0.05) is 170 Å². The van der Waals surface area contributed by atoms with Crippen molar-refractivity contribution in [2.75, 3.05) is 0 Å². The van der Waals surface area contributed by atoms with Crippen LogP contribution in [0.4, 0.5) is 0 Å². The van der Waals surface area contributed by atoms with Crippen molar-refractivity contribution in [1.29, 1.82) is 0 Å². The van der Waals surface area contributed by atoms with Crippen LogP contribution in [0.15, 0.2) is 218 Å². The Balaban J connectivity index is 0.937. The standard InChI is InChI=1S/C60H36N2/c1-2-15-42(16-3-1)61-58-36-40(25-29-49(58)52-30-24-37-12-4-5-17-44(37)60(52)61)39-27-32-57-54(34-39)48-20-8-9-23-55(48)62(57)56-33-31-43(45-18-6-7-19-47(45)56)41-26-28-46-50-21-10-13-38-14-11-22-51(59(38)50)53(46)35-41/h1-36H. The van der Waals surface area contributed by atoms with Gasteiger partial charge in [-0.05, 0) is 115 Å². The molecule has 11 aromatic carbocycles. The fourth-order valence-electron chi connectivity index (χ4n) is 10.9. The highest BCUT2D eigenvalue weighted by Crippen LogP contribution is 2.49. The number of nitrogens with zero attached hydrogens (tertiary/aromatic N) is 2. The molecule has 2 heteroatoms. The van der Waals surface area contributed by atoms with Crippen LogP contribution in [0.5, 0.6) is 0 Å². The number of fused-ring (bicyclic) bond motifs is 12. The summed E-state index contributed by atoms with van der Waals surface area (Å²) in [5.41, 5.74) is 17.4. The molecule has 2 nitrogen and oxygen atoms in total. The summed E-state index contributed by atoms with van der Waals surface area (Å²) in [4.78, 5) is 0. The van der Waals surface area contributed by atoms with Crippen molar-refractivity contribution in [3.05, 3.63) is 218 Å². The molecule has 0 unspecified atom stereocenters. The van der Waals surface area contributed by atoms with E-state index in [0.717, 1.165) is 5.69 Å². The molecule has 0 bridgehead atoms. The fourth-order valence-corrected chi connectivity index (χ4v) is 10.9. The van der Waals surface area contributed by atoms with E-state index in [-0.39, 0.29) is 0 Å². The van der Waals surface area contributed by atoms with Crippen LogP contribution < -0.4 is 0 Å². The molecule has 286 valence electrons. The van der Waals surface area contributed by atoms with E-state index in [9.17, 15) is 0 Å².